The zero-order chi connectivity index (χ0) is 8.48. The lowest BCUT2D eigenvalue weighted by Gasteiger charge is -2.28. The van der Waals surface area contributed by atoms with E-state index in [1.165, 1.54) is 30.8 Å². The van der Waals surface area contributed by atoms with Crippen LogP contribution in [0, 0.1) is 0 Å². The van der Waals surface area contributed by atoms with E-state index in [1.807, 2.05) is 0 Å². The Labute approximate surface area is 70.4 Å². The number of nitrogens with zero attached hydrogens (tertiary/aromatic N) is 2. The van der Waals surface area contributed by atoms with Crippen LogP contribution in [0.2, 0.25) is 0 Å². The van der Waals surface area contributed by atoms with Gasteiger partial charge in [0, 0.05) is 6.04 Å². The molecule has 1 saturated heterocycles. The Morgan fingerprint density at radius 1 is 1.45 bits per heavy atom. The van der Waals surface area contributed by atoms with Crippen molar-refractivity contribution in [2.24, 2.45) is 0 Å². The smallest absolute Gasteiger partial charge is 0.135 e. The van der Waals surface area contributed by atoms with E-state index in [0.717, 1.165) is 6.04 Å². The molecule has 66 valence electrons. The van der Waals surface area contributed by atoms with Crippen LogP contribution in [0.25, 0.3) is 0 Å². The van der Waals surface area contributed by atoms with Crippen molar-refractivity contribution in [3.8, 4) is 0 Å². The van der Waals surface area contributed by atoms with E-state index in [-0.39, 0.29) is 0 Å². The van der Waals surface area contributed by atoms with Crippen LogP contribution >= 0.6 is 0 Å². The number of likely N-dealkylation sites (N-methyl/N-ethyl adjacent to an activating group) is 1. The second-order valence-corrected chi connectivity index (χ2v) is 4.21. The van der Waals surface area contributed by atoms with Crippen molar-refractivity contribution in [2.75, 3.05) is 33.4 Å². The maximum absolute atomic E-state index is 2.56. The first-order chi connectivity index (χ1) is 5.07. The second-order valence-electron chi connectivity index (χ2n) is 4.21. The second kappa shape index (κ2) is 3.11. The van der Waals surface area contributed by atoms with Crippen LogP contribution in [0.4, 0.5) is 0 Å². The van der Waals surface area contributed by atoms with E-state index in [1.54, 1.807) is 0 Å². The van der Waals surface area contributed by atoms with E-state index >= 15 is 0 Å². The first-order valence-corrected chi connectivity index (χ1v) is 4.65. The predicted molar refractivity (Wildman–Crippen MR) is 48.3 cm³/mol. The Morgan fingerprint density at radius 2 is 2.09 bits per heavy atom. The van der Waals surface area contributed by atoms with Gasteiger partial charge in [0.1, 0.15) is 6.67 Å². The van der Waals surface area contributed by atoms with Crippen LogP contribution in [0.5, 0.6) is 0 Å². The first kappa shape index (κ1) is 9.01. The molecule has 0 aromatic carbocycles. The summed E-state index contributed by atoms with van der Waals surface area (Å²) >= 11 is 0. The molecule has 0 aromatic heterocycles. The highest BCUT2D eigenvalue weighted by atomic mass is 15.5. The maximum Gasteiger partial charge on any atom is 0.135 e. The lowest BCUT2D eigenvalue weighted by atomic mass is 10.3. The molecule has 1 aliphatic heterocycles. The number of hydrogen-bond donors (Lipinski definition) is 0. The van der Waals surface area contributed by atoms with Crippen molar-refractivity contribution in [1.29, 1.82) is 0 Å². The molecule has 0 aromatic rings. The highest BCUT2D eigenvalue weighted by Crippen LogP contribution is 2.14. The van der Waals surface area contributed by atoms with Gasteiger partial charge in [-0.25, -0.2) is 4.90 Å². The van der Waals surface area contributed by atoms with E-state index in [4.69, 9.17) is 0 Å². The lowest BCUT2D eigenvalue weighted by Crippen LogP contribution is -2.43. The van der Waals surface area contributed by atoms with Gasteiger partial charge in [0.15, 0.2) is 0 Å². The van der Waals surface area contributed by atoms with E-state index in [2.05, 4.69) is 32.7 Å². The molecule has 0 bridgehead atoms. The van der Waals surface area contributed by atoms with Gasteiger partial charge in [-0.1, -0.05) is 0 Å². The molecule has 0 spiro atoms. The average molecular weight is 157 g/mol. The van der Waals surface area contributed by atoms with Crippen molar-refractivity contribution >= 4 is 0 Å². The van der Waals surface area contributed by atoms with Gasteiger partial charge >= 0.3 is 0 Å². The fraction of sp³-hybridized carbons (Fsp3) is 1.00. The van der Waals surface area contributed by atoms with Crippen molar-refractivity contribution in [3.05, 3.63) is 0 Å². The molecule has 0 radical (unpaired) electrons. The van der Waals surface area contributed by atoms with Gasteiger partial charge in [0.2, 0.25) is 0 Å². The molecule has 0 N–H and O–H groups in total. The number of hydrogen-bond acceptors (Lipinski definition) is 1. The van der Waals surface area contributed by atoms with Crippen LogP contribution in [0.3, 0.4) is 0 Å². The van der Waals surface area contributed by atoms with Crippen LogP contribution < -0.4 is 0 Å². The maximum atomic E-state index is 2.56. The molecule has 11 heavy (non-hydrogen) atoms. The molecule has 1 aliphatic rings. The summed E-state index contributed by atoms with van der Waals surface area (Å²) in [5, 5.41) is 0. The van der Waals surface area contributed by atoms with E-state index in [0.29, 0.717) is 0 Å². The Bertz CT molecular complexity index is 134. The minimum Gasteiger partial charge on any atom is -0.313 e. The molecule has 0 unspecified atom stereocenters. The number of quaternary nitrogens is 1. The predicted octanol–water partition coefficient (Wildman–Crippen LogP) is 1.13. The Hall–Kier alpha value is -0.0800. The van der Waals surface area contributed by atoms with Gasteiger partial charge in [-0.05, 0) is 20.8 Å². The minimum atomic E-state index is 0.724. The van der Waals surface area contributed by atoms with Crippen LogP contribution in [-0.4, -0.2) is 48.8 Å². The van der Waals surface area contributed by atoms with Gasteiger partial charge in [-0.15, -0.1) is 0 Å². The van der Waals surface area contributed by atoms with E-state index < -0.39 is 0 Å². The Kier molecular flexibility index (Phi) is 2.55. The molecule has 1 heterocycles. The van der Waals surface area contributed by atoms with Gasteiger partial charge in [0.05, 0.1) is 26.7 Å². The number of rotatable bonds is 2. The largest absolute Gasteiger partial charge is 0.313 e. The van der Waals surface area contributed by atoms with Gasteiger partial charge < -0.3 is 4.48 Å². The van der Waals surface area contributed by atoms with Gasteiger partial charge in [-0.3, -0.25) is 0 Å². The summed E-state index contributed by atoms with van der Waals surface area (Å²) in [6.07, 6.45) is 0. The summed E-state index contributed by atoms with van der Waals surface area (Å²) in [7, 11) is 2.35. The summed E-state index contributed by atoms with van der Waals surface area (Å²) in [5.74, 6) is 0. The van der Waals surface area contributed by atoms with Gasteiger partial charge in [-0.2, -0.15) is 0 Å². The zero-order valence-electron chi connectivity index (χ0n) is 8.30. The lowest BCUT2D eigenvalue weighted by molar-refractivity contribution is -0.900. The van der Waals surface area contributed by atoms with Crippen LogP contribution in [-0.2, 0) is 0 Å². The quantitative estimate of drug-likeness (QED) is 0.543. The van der Waals surface area contributed by atoms with Gasteiger partial charge in [0.25, 0.3) is 0 Å². The third-order valence-electron chi connectivity index (χ3n) is 2.94. The van der Waals surface area contributed by atoms with E-state index in [9.17, 15) is 0 Å². The molecule has 0 saturated carbocycles. The van der Waals surface area contributed by atoms with Crippen LogP contribution in [0.1, 0.15) is 20.8 Å². The molecule has 2 heteroatoms. The minimum absolute atomic E-state index is 0.724. The van der Waals surface area contributed by atoms with Crippen LogP contribution in [0.15, 0.2) is 0 Å². The normalized spacial score (nSPS) is 33.5. The van der Waals surface area contributed by atoms with Crippen molar-refractivity contribution in [3.63, 3.8) is 0 Å². The molecule has 1 atom stereocenters. The molecule has 0 amide bonds. The molecule has 2 nitrogen and oxygen atoms in total. The summed E-state index contributed by atoms with van der Waals surface area (Å²) in [5.41, 5.74) is 0. The third-order valence-corrected chi connectivity index (χ3v) is 2.94. The zero-order valence-corrected chi connectivity index (χ0v) is 8.30. The summed E-state index contributed by atoms with van der Waals surface area (Å²) in [4.78, 5) is 2.56. The summed E-state index contributed by atoms with van der Waals surface area (Å²) in [6, 6.07) is 0.724. The SMILES string of the molecule is CC[N@+]1(C)CCN(C(C)C)C1. The highest BCUT2D eigenvalue weighted by Gasteiger charge is 2.31. The first-order valence-electron chi connectivity index (χ1n) is 4.65. The van der Waals surface area contributed by atoms with Crippen molar-refractivity contribution in [1.82, 2.24) is 4.90 Å². The Morgan fingerprint density at radius 3 is 2.36 bits per heavy atom. The fourth-order valence-electron chi connectivity index (χ4n) is 1.63. The summed E-state index contributed by atoms with van der Waals surface area (Å²) in [6.45, 7) is 12.0. The molecular formula is C9H21N2+. The topological polar surface area (TPSA) is 3.24 Å². The Balaban J connectivity index is 2.46. The molecule has 1 rings (SSSR count). The van der Waals surface area contributed by atoms with Crippen molar-refractivity contribution in [2.45, 2.75) is 26.8 Å². The monoisotopic (exact) mass is 157 g/mol. The average Bonchev–Trinajstić information content (AvgIpc) is 2.33. The highest BCUT2D eigenvalue weighted by molar-refractivity contribution is 4.63. The summed E-state index contributed by atoms with van der Waals surface area (Å²) < 4.78 is 1.23. The third kappa shape index (κ3) is 1.94. The standard InChI is InChI=1S/C9H21N2/c1-5-11(4)7-6-10(8-11)9(2)3/h9H,5-8H2,1-4H3/q+1/t11-/m1/s1. The van der Waals surface area contributed by atoms with Crippen molar-refractivity contribution < 1.29 is 4.48 Å². The fourth-order valence-corrected chi connectivity index (χ4v) is 1.63. The molecule has 1 fully saturated rings. The molecular weight excluding hydrogens is 136 g/mol. The molecule has 0 aliphatic carbocycles.